The molecular weight excluding hydrogens is 209 g/mol. The number of nitrogen functional groups attached to an aromatic ring is 1. The second-order valence-electron chi connectivity index (χ2n) is 2.48. The molecule has 0 atom stereocenters. The Morgan fingerprint density at radius 3 is 2.31 bits per heavy atom. The van der Waals surface area contributed by atoms with Crippen molar-refractivity contribution in [3.8, 4) is 0 Å². The second-order valence-corrected chi connectivity index (χ2v) is 3.30. The number of hydrogen-bond donors (Lipinski definition) is 2. The van der Waals surface area contributed by atoms with Crippen LogP contribution in [0.1, 0.15) is 5.56 Å². The first kappa shape index (κ1) is 10.4. The van der Waals surface area contributed by atoms with E-state index in [0.717, 1.165) is 5.56 Å². The molecule has 70 valence electrons. The minimum atomic E-state index is -0.0143. The van der Waals surface area contributed by atoms with Crippen molar-refractivity contribution in [2.45, 2.75) is 0 Å². The lowest BCUT2D eigenvalue weighted by Crippen LogP contribution is -1.88. The summed E-state index contributed by atoms with van der Waals surface area (Å²) in [4.78, 5) is 0. The average molecular weight is 218 g/mol. The van der Waals surface area contributed by atoms with Crippen molar-refractivity contribution in [2.24, 2.45) is 0 Å². The molecule has 0 aromatic heterocycles. The molecule has 13 heavy (non-hydrogen) atoms. The highest BCUT2D eigenvalue weighted by atomic mass is 35.5. The molecular formula is C9H9Cl2NO. The number of rotatable bonds is 2. The van der Waals surface area contributed by atoms with Crippen LogP contribution in [0.4, 0.5) is 5.69 Å². The monoisotopic (exact) mass is 217 g/mol. The van der Waals surface area contributed by atoms with Gasteiger partial charge in [-0.05, 0) is 17.7 Å². The molecule has 1 rings (SSSR count). The molecule has 1 aromatic carbocycles. The lowest BCUT2D eigenvalue weighted by molar-refractivity contribution is 0.343. The van der Waals surface area contributed by atoms with E-state index >= 15 is 0 Å². The SMILES string of the molecule is Nc1c(Cl)cc(/C=C/CO)cc1Cl. The van der Waals surface area contributed by atoms with Crippen LogP contribution in [0.2, 0.25) is 10.0 Å². The zero-order valence-electron chi connectivity index (χ0n) is 6.80. The largest absolute Gasteiger partial charge is 0.396 e. The predicted molar refractivity (Wildman–Crippen MR) is 57.0 cm³/mol. The Morgan fingerprint density at radius 1 is 1.31 bits per heavy atom. The van der Waals surface area contributed by atoms with E-state index in [1.165, 1.54) is 0 Å². The fraction of sp³-hybridized carbons (Fsp3) is 0.111. The third kappa shape index (κ3) is 2.62. The number of nitrogens with two attached hydrogens (primary N) is 1. The minimum Gasteiger partial charge on any atom is -0.396 e. The lowest BCUT2D eigenvalue weighted by Gasteiger charge is -2.02. The van der Waals surface area contributed by atoms with E-state index in [-0.39, 0.29) is 6.61 Å². The number of anilines is 1. The van der Waals surface area contributed by atoms with E-state index in [1.807, 2.05) is 0 Å². The quantitative estimate of drug-likeness (QED) is 0.749. The van der Waals surface area contributed by atoms with Gasteiger partial charge >= 0.3 is 0 Å². The van der Waals surface area contributed by atoms with Crippen LogP contribution in [0.15, 0.2) is 18.2 Å². The first-order chi connectivity index (χ1) is 6.15. The first-order valence-corrected chi connectivity index (χ1v) is 4.42. The van der Waals surface area contributed by atoms with Crippen molar-refractivity contribution in [1.82, 2.24) is 0 Å². The van der Waals surface area contributed by atoms with Crippen LogP contribution >= 0.6 is 23.2 Å². The highest BCUT2D eigenvalue weighted by Crippen LogP contribution is 2.29. The van der Waals surface area contributed by atoms with Gasteiger partial charge in [-0.25, -0.2) is 0 Å². The number of aliphatic hydroxyl groups excluding tert-OH is 1. The van der Waals surface area contributed by atoms with Crippen LogP contribution in [0.3, 0.4) is 0 Å². The topological polar surface area (TPSA) is 46.2 Å². The molecule has 0 aliphatic carbocycles. The molecule has 0 heterocycles. The molecule has 1 aromatic rings. The van der Waals surface area contributed by atoms with Gasteiger partial charge in [-0.2, -0.15) is 0 Å². The molecule has 3 N–H and O–H groups in total. The van der Waals surface area contributed by atoms with E-state index in [0.29, 0.717) is 15.7 Å². The molecule has 0 saturated carbocycles. The zero-order chi connectivity index (χ0) is 9.84. The Balaban J connectivity index is 3.06. The van der Waals surface area contributed by atoms with Gasteiger partial charge < -0.3 is 10.8 Å². The fourth-order valence-corrected chi connectivity index (χ4v) is 1.39. The minimum absolute atomic E-state index is 0.0143. The molecule has 4 heteroatoms. The first-order valence-electron chi connectivity index (χ1n) is 3.67. The maximum Gasteiger partial charge on any atom is 0.0693 e. The molecule has 0 radical (unpaired) electrons. The summed E-state index contributed by atoms with van der Waals surface area (Å²) in [5, 5.41) is 9.39. The molecule has 0 aliphatic rings. The highest BCUT2D eigenvalue weighted by Gasteiger charge is 2.02. The van der Waals surface area contributed by atoms with Gasteiger partial charge in [-0.1, -0.05) is 35.4 Å². The van der Waals surface area contributed by atoms with E-state index in [1.54, 1.807) is 24.3 Å². The molecule has 0 spiro atoms. The second kappa shape index (κ2) is 4.51. The van der Waals surface area contributed by atoms with Gasteiger partial charge in [0.25, 0.3) is 0 Å². The smallest absolute Gasteiger partial charge is 0.0693 e. The van der Waals surface area contributed by atoms with Crippen LogP contribution < -0.4 is 5.73 Å². The molecule has 0 unspecified atom stereocenters. The van der Waals surface area contributed by atoms with Crippen molar-refractivity contribution >= 4 is 35.0 Å². The summed E-state index contributed by atoms with van der Waals surface area (Å²) < 4.78 is 0. The third-order valence-electron chi connectivity index (χ3n) is 1.52. The van der Waals surface area contributed by atoms with Crippen LogP contribution in [0, 0.1) is 0 Å². The maximum atomic E-state index is 8.54. The number of benzene rings is 1. The van der Waals surface area contributed by atoms with Crippen LogP contribution in [-0.4, -0.2) is 11.7 Å². The van der Waals surface area contributed by atoms with Crippen molar-refractivity contribution in [3.05, 3.63) is 33.8 Å². The summed E-state index contributed by atoms with van der Waals surface area (Å²) >= 11 is 11.6. The fourth-order valence-electron chi connectivity index (χ4n) is 0.889. The summed E-state index contributed by atoms with van der Waals surface area (Å²) in [6.07, 6.45) is 3.31. The number of hydrogen-bond acceptors (Lipinski definition) is 2. The zero-order valence-corrected chi connectivity index (χ0v) is 8.31. The third-order valence-corrected chi connectivity index (χ3v) is 2.14. The van der Waals surface area contributed by atoms with Crippen molar-refractivity contribution < 1.29 is 5.11 Å². The summed E-state index contributed by atoms with van der Waals surface area (Å²) in [5.74, 6) is 0. The van der Waals surface area contributed by atoms with Gasteiger partial charge in [0.2, 0.25) is 0 Å². The van der Waals surface area contributed by atoms with Gasteiger partial charge in [0, 0.05) is 0 Å². The Morgan fingerprint density at radius 2 is 1.85 bits per heavy atom. The van der Waals surface area contributed by atoms with E-state index < -0.39 is 0 Å². The van der Waals surface area contributed by atoms with Crippen LogP contribution in [0.25, 0.3) is 6.08 Å². The summed E-state index contributed by atoms with van der Waals surface area (Å²) in [6.45, 7) is -0.0143. The summed E-state index contributed by atoms with van der Waals surface area (Å²) in [7, 11) is 0. The van der Waals surface area contributed by atoms with Crippen molar-refractivity contribution in [2.75, 3.05) is 12.3 Å². The standard InChI is InChI=1S/C9H9Cl2NO/c10-7-4-6(2-1-3-13)5-8(11)9(7)12/h1-2,4-5,13H,3,12H2/b2-1+. The van der Waals surface area contributed by atoms with Gasteiger partial charge in [0.1, 0.15) is 0 Å². The van der Waals surface area contributed by atoms with E-state index in [9.17, 15) is 0 Å². The van der Waals surface area contributed by atoms with E-state index in [4.69, 9.17) is 34.0 Å². The van der Waals surface area contributed by atoms with E-state index in [2.05, 4.69) is 0 Å². The van der Waals surface area contributed by atoms with Crippen LogP contribution in [0.5, 0.6) is 0 Å². The van der Waals surface area contributed by atoms with Gasteiger partial charge in [-0.15, -0.1) is 0 Å². The number of aliphatic hydroxyl groups is 1. The predicted octanol–water partition coefficient (Wildman–Crippen LogP) is 2.58. The molecule has 2 nitrogen and oxygen atoms in total. The lowest BCUT2D eigenvalue weighted by atomic mass is 10.2. The van der Waals surface area contributed by atoms with Crippen LogP contribution in [-0.2, 0) is 0 Å². The molecule has 0 saturated heterocycles. The Bertz CT molecular complexity index is 313. The van der Waals surface area contributed by atoms with Gasteiger partial charge in [0.15, 0.2) is 0 Å². The maximum absolute atomic E-state index is 8.54. The van der Waals surface area contributed by atoms with Gasteiger partial charge in [0.05, 0.1) is 22.3 Å². The molecule has 0 aliphatic heterocycles. The Hall–Kier alpha value is -0.700. The van der Waals surface area contributed by atoms with Crippen molar-refractivity contribution in [3.63, 3.8) is 0 Å². The normalized spacial score (nSPS) is 11.0. The molecule has 0 fully saturated rings. The molecule has 0 amide bonds. The summed E-state index contributed by atoms with van der Waals surface area (Å²) in [6, 6.07) is 3.38. The van der Waals surface area contributed by atoms with Crippen molar-refractivity contribution in [1.29, 1.82) is 0 Å². The Labute approximate surface area is 86.6 Å². The van der Waals surface area contributed by atoms with Gasteiger partial charge in [-0.3, -0.25) is 0 Å². The average Bonchev–Trinajstić information content (AvgIpc) is 2.10. The number of halogens is 2. The molecule has 0 bridgehead atoms. The highest BCUT2D eigenvalue weighted by molar-refractivity contribution is 6.39. The summed E-state index contributed by atoms with van der Waals surface area (Å²) in [5.41, 5.74) is 6.74. The Kier molecular flexibility index (Phi) is 3.60.